The van der Waals surface area contributed by atoms with Gasteiger partial charge in [0, 0.05) is 19.6 Å². The van der Waals surface area contributed by atoms with Crippen LogP contribution in [0.2, 0.25) is 0 Å². The second-order valence-corrected chi connectivity index (χ2v) is 7.75. The molecule has 7 nitrogen and oxygen atoms in total. The first-order valence-corrected chi connectivity index (χ1v) is 8.59. The fourth-order valence-electron chi connectivity index (χ4n) is 1.84. The van der Waals surface area contributed by atoms with Crippen LogP contribution in [0.5, 0.6) is 0 Å². The van der Waals surface area contributed by atoms with E-state index in [1.165, 1.54) is 0 Å². The van der Waals surface area contributed by atoms with E-state index in [9.17, 15) is 9.59 Å². The molecule has 0 aliphatic heterocycles. The maximum absolute atomic E-state index is 12.2. The van der Waals surface area contributed by atoms with Gasteiger partial charge in [-0.2, -0.15) is 0 Å². The van der Waals surface area contributed by atoms with Crippen molar-refractivity contribution in [1.29, 1.82) is 0 Å². The predicted octanol–water partition coefficient (Wildman–Crippen LogP) is 2.88. The van der Waals surface area contributed by atoms with Gasteiger partial charge in [0.05, 0.1) is 0 Å². The average molecular weight is 345 g/mol. The Morgan fingerprint density at radius 1 is 0.917 bits per heavy atom. The van der Waals surface area contributed by atoms with Crippen LogP contribution in [0.4, 0.5) is 9.59 Å². The van der Waals surface area contributed by atoms with Crippen molar-refractivity contribution in [2.24, 2.45) is 5.73 Å². The number of alkyl carbamates (subject to hydrolysis) is 1. The summed E-state index contributed by atoms with van der Waals surface area (Å²) < 4.78 is 10.6. The highest BCUT2D eigenvalue weighted by Gasteiger charge is 2.21. The van der Waals surface area contributed by atoms with E-state index >= 15 is 0 Å². The van der Waals surface area contributed by atoms with Crippen LogP contribution in [0.25, 0.3) is 0 Å². The van der Waals surface area contributed by atoms with Gasteiger partial charge in [-0.15, -0.1) is 0 Å². The molecule has 0 atom stereocenters. The fourth-order valence-corrected chi connectivity index (χ4v) is 1.84. The zero-order chi connectivity index (χ0) is 18.8. The highest BCUT2D eigenvalue weighted by molar-refractivity contribution is 5.68. The van der Waals surface area contributed by atoms with Gasteiger partial charge in [0.15, 0.2) is 0 Å². The molecule has 0 unspecified atom stereocenters. The average Bonchev–Trinajstić information content (AvgIpc) is 2.37. The molecule has 7 heteroatoms. The topological polar surface area (TPSA) is 93.9 Å². The Labute approximate surface area is 146 Å². The summed E-state index contributed by atoms with van der Waals surface area (Å²) in [6.45, 7) is 13.2. The van der Waals surface area contributed by atoms with Gasteiger partial charge in [0.25, 0.3) is 0 Å². The molecule has 0 saturated carbocycles. The summed E-state index contributed by atoms with van der Waals surface area (Å²) in [5, 5.41) is 2.71. The standard InChI is InChI=1S/C17H35N3O4/c1-16(2,3)23-14(21)19-11-7-8-12-20(13-9-10-18)15(22)24-17(4,5)6/h7-13,18H2,1-6H3,(H,19,21). The smallest absolute Gasteiger partial charge is 0.410 e. The second-order valence-electron chi connectivity index (χ2n) is 7.75. The normalized spacial score (nSPS) is 11.8. The number of nitrogens with two attached hydrogens (primary N) is 1. The van der Waals surface area contributed by atoms with Crippen LogP contribution < -0.4 is 11.1 Å². The zero-order valence-electron chi connectivity index (χ0n) is 16.1. The molecular formula is C17H35N3O4. The van der Waals surface area contributed by atoms with E-state index in [1.807, 2.05) is 41.5 Å². The minimum atomic E-state index is -0.518. The number of hydrogen-bond donors (Lipinski definition) is 2. The minimum Gasteiger partial charge on any atom is -0.444 e. The number of ether oxygens (including phenoxy) is 2. The Hall–Kier alpha value is -1.50. The van der Waals surface area contributed by atoms with Crippen molar-refractivity contribution in [2.75, 3.05) is 26.2 Å². The van der Waals surface area contributed by atoms with Gasteiger partial charge in [-0.1, -0.05) is 0 Å². The number of amides is 2. The maximum Gasteiger partial charge on any atom is 0.410 e. The van der Waals surface area contributed by atoms with Crippen molar-refractivity contribution in [3.8, 4) is 0 Å². The van der Waals surface area contributed by atoms with Crippen molar-refractivity contribution in [1.82, 2.24) is 10.2 Å². The Balaban J connectivity index is 4.15. The predicted molar refractivity (Wildman–Crippen MR) is 94.9 cm³/mol. The number of rotatable bonds is 8. The van der Waals surface area contributed by atoms with Crippen molar-refractivity contribution in [3.63, 3.8) is 0 Å². The van der Waals surface area contributed by atoms with Crippen molar-refractivity contribution in [3.05, 3.63) is 0 Å². The molecule has 0 saturated heterocycles. The van der Waals surface area contributed by atoms with Gasteiger partial charge >= 0.3 is 12.2 Å². The van der Waals surface area contributed by atoms with Gasteiger partial charge in [0.1, 0.15) is 11.2 Å². The van der Waals surface area contributed by atoms with Crippen molar-refractivity contribution in [2.45, 2.75) is 72.0 Å². The second kappa shape index (κ2) is 10.4. The van der Waals surface area contributed by atoms with Crippen LogP contribution in [0, 0.1) is 0 Å². The largest absolute Gasteiger partial charge is 0.444 e. The van der Waals surface area contributed by atoms with Crippen LogP contribution in [-0.2, 0) is 9.47 Å². The third kappa shape index (κ3) is 13.0. The molecule has 0 fully saturated rings. The summed E-state index contributed by atoms with van der Waals surface area (Å²) in [5.74, 6) is 0. The highest BCUT2D eigenvalue weighted by atomic mass is 16.6. The molecule has 24 heavy (non-hydrogen) atoms. The molecule has 0 spiro atoms. The first-order valence-electron chi connectivity index (χ1n) is 8.59. The van der Waals surface area contributed by atoms with Crippen LogP contribution in [-0.4, -0.2) is 54.5 Å². The van der Waals surface area contributed by atoms with Gasteiger partial charge in [-0.25, -0.2) is 9.59 Å². The monoisotopic (exact) mass is 345 g/mol. The number of hydrogen-bond acceptors (Lipinski definition) is 5. The zero-order valence-corrected chi connectivity index (χ0v) is 16.1. The fraction of sp³-hybridized carbons (Fsp3) is 0.882. The molecule has 0 aliphatic carbocycles. The summed E-state index contributed by atoms with van der Waals surface area (Å²) >= 11 is 0. The van der Waals surface area contributed by atoms with E-state index in [0.717, 1.165) is 19.3 Å². The van der Waals surface area contributed by atoms with E-state index in [1.54, 1.807) is 4.90 Å². The van der Waals surface area contributed by atoms with Gasteiger partial charge in [0.2, 0.25) is 0 Å². The first-order chi connectivity index (χ1) is 10.9. The molecule has 0 radical (unpaired) electrons. The van der Waals surface area contributed by atoms with Crippen molar-refractivity contribution >= 4 is 12.2 Å². The number of nitrogens with zero attached hydrogens (tertiary/aromatic N) is 1. The number of unbranched alkanes of at least 4 members (excludes halogenated alkanes) is 1. The van der Waals surface area contributed by atoms with Gasteiger partial charge in [-0.05, 0) is 67.3 Å². The lowest BCUT2D eigenvalue weighted by Crippen LogP contribution is -2.39. The summed E-state index contributed by atoms with van der Waals surface area (Å²) in [4.78, 5) is 25.4. The number of carbonyl (C=O) groups is 2. The van der Waals surface area contributed by atoms with E-state index in [4.69, 9.17) is 15.2 Å². The number of nitrogens with one attached hydrogen (secondary N) is 1. The van der Waals surface area contributed by atoms with Crippen LogP contribution in [0.3, 0.4) is 0 Å². The summed E-state index contributed by atoms with van der Waals surface area (Å²) in [6.07, 6.45) is 1.50. The van der Waals surface area contributed by atoms with E-state index in [-0.39, 0.29) is 6.09 Å². The van der Waals surface area contributed by atoms with E-state index < -0.39 is 17.3 Å². The third-order valence-electron chi connectivity index (χ3n) is 2.81. The Morgan fingerprint density at radius 3 is 1.96 bits per heavy atom. The molecule has 0 aliphatic rings. The van der Waals surface area contributed by atoms with Gasteiger partial charge in [-0.3, -0.25) is 0 Å². The lowest BCUT2D eigenvalue weighted by molar-refractivity contribution is 0.0244. The maximum atomic E-state index is 12.2. The molecule has 2 amide bonds. The summed E-state index contributed by atoms with van der Waals surface area (Å²) in [6, 6.07) is 0. The SMILES string of the molecule is CC(C)(C)OC(=O)NCCCCN(CCCN)C(=O)OC(C)(C)C. The quantitative estimate of drug-likeness (QED) is 0.660. The van der Waals surface area contributed by atoms with Crippen LogP contribution >= 0.6 is 0 Å². The van der Waals surface area contributed by atoms with E-state index in [2.05, 4.69) is 5.32 Å². The highest BCUT2D eigenvalue weighted by Crippen LogP contribution is 2.11. The van der Waals surface area contributed by atoms with Crippen LogP contribution in [0.15, 0.2) is 0 Å². The Morgan fingerprint density at radius 2 is 1.46 bits per heavy atom. The Kier molecular flexibility index (Phi) is 9.73. The lowest BCUT2D eigenvalue weighted by atomic mass is 10.2. The molecule has 0 aromatic rings. The third-order valence-corrected chi connectivity index (χ3v) is 2.81. The molecule has 3 N–H and O–H groups in total. The molecule has 0 aromatic carbocycles. The van der Waals surface area contributed by atoms with E-state index in [0.29, 0.717) is 26.2 Å². The molecule has 0 bridgehead atoms. The van der Waals surface area contributed by atoms with Crippen molar-refractivity contribution < 1.29 is 19.1 Å². The number of carbonyl (C=O) groups excluding carboxylic acids is 2. The molecule has 0 rings (SSSR count). The Bertz CT molecular complexity index is 386. The molecule has 0 heterocycles. The first kappa shape index (κ1) is 22.5. The summed E-state index contributed by atoms with van der Waals surface area (Å²) in [5.41, 5.74) is 4.51. The molecule has 142 valence electrons. The summed E-state index contributed by atoms with van der Waals surface area (Å²) in [7, 11) is 0. The van der Waals surface area contributed by atoms with Crippen LogP contribution in [0.1, 0.15) is 60.8 Å². The molecule has 0 aromatic heterocycles. The minimum absolute atomic E-state index is 0.323. The molecular weight excluding hydrogens is 310 g/mol. The lowest BCUT2D eigenvalue weighted by Gasteiger charge is -2.27. The van der Waals surface area contributed by atoms with Gasteiger partial charge < -0.3 is 25.4 Å².